The van der Waals surface area contributed by atoms with Gasteiger partial charge in [-0.2, -0.15) is 0 Å². The van der Waals surface area contributed by atoms with E-state index >= 15 is 0 Å². The SMILES string of the molecule is Cn1cnc2cc(C3(C4CCNC4)COC3)ccc21. The molecule has 2 saturated heterocycles. The quantitative estimate of drug-likeness (QED) is 0.885. The molecule has 4 heteroatoms. The molecular weight excluding hydrogens is 238 g/mol. The van der Waals surface area contributed by atoms with Crippen molar-refractivity contribution in [3.8, 4) is 0 Å². The standard InChI is InChI=1S/C15H19N3O/c1-18-10-17-13-6-11(2-3-14(13)18)15(8-19-9-15)12-4-5-16-7-12/h2-3,6,10,12,16H,4-5,7-9H2,1H3. The number of fused-ring (bicyclic) bond motifs is 1. The van der Waals surface area contributed by atoms with E-state index in [1.807, 2.05) is 13.4 Å². The third-order valence-corrected chi connectivity index (χ3v) is 4.86. The van der Waals surface area contributed by atoms with Gasteiger partial charge in [-0.3, -0.25) is 0 Å². The van der Waals surface area contributed by atoms with Crippen molar-refractivity contribution >= 4 is 11.0 Å². The maximum absolute atomic E-state index is 5.57. The van der Waals surface area contributed by atoms with Gasteiger partial charge in [-0.25, -0.2) is 4.98 Å². The molecule has 19 heavy (non-hydrogen) atoms. The summed E-state index contributed by atoms with van der Waals surface area (Å²) in [6.07, 6.45) is 3.14. The molecule has 1 aromatic carbocycles. The Morgan fingerprint density at radius 3 is 3.00 bits per heavy atom. The summed E-state index contributed by atoms with van der Waals surface area (Å²) in [4.78, 5) is 4.48. The Morgan fingerprint density at radius 1 is 1.42 bits per heavy atom. The smallest absolute Gasteiger partial charge is 0.0955 e. The maximum atomic E-state index is 5.57. The molecule has 2 aliphatic heterocycles. The number of ether oxygens (including phenoxy) is 1. The molecule has 2 aromatic rings. The molecule has 4 rings (SSSR count). The fraction of sp³-hybridized carbons (Fsp3) is 0.533. The van der Waals surface area contributed by atoms with Gasteiger partial charge in [-0.15, -0.1) is 0 Å². The molecule has 0 spiro atoms. The summed E-state index contributed by atoms with van der Waals surface area (Å²) in [5, 5.41) is 3.48. The molecule has 1 N–H and O–H groups in total. The Hall–Kier alpha value is -1.39. The third-order valence-electron chi connectivity index (χ3n) is 4.86. The van der Waals surface area contributed by atoms with Crippen LogP contribution in [0.3, 0.4) is 0 Å². The van der Waals surface area contributed by atoms with Crippen LogP contribution in [0.2, 0.25) is 0 Å². The van der Waals surface area contributed by atoms with Crippen molar-refractivity contribution in [1.82, 2.24) is 14.9 Å². The van der Waals surface area contributed by atoms with Crippen LogP contribution in [0.15, 0.2) is 24.5 Å². The van der Waals surface area contributed by atoms with Crippen LogP contribution in [0, 0.1) is 5.92 Å². The molecule has 1 atom stereocenters. The predicted molar refractivity (Wildman–Crippen MR) is 74.2 cm³/mol. The first-order valence-corrected chi connectivity index (χ1v) is 7.00. The Bertz CT molecular complexity index is 609. The molecule has 2 aliphatic rings. The summed E-state index contributed by atoms with van der Waals surface area (Å²) in [6.45, 7) is 3.97. The lowest BCUT2D eigenvalue weighted by molar-refractivity contribution is -0.0868. The normalized spacial score (nSPS) is 25.6. The lowest BCUT2D eigenvalue weighted by Gasteiger charge is -2.46. The van der Waals surface area contributed by atoms with Crippen molar-refractivity contribution in [3.05, 3.63) is 30.1 Å². The average Bonchev–Trinajstić information content (AvgIpc) is 2.99. The molecule has 0 radical (unpaired) electrons. The fourth-order valence-electron chi connectivity index (χ4n) is 3.53. The summed E-state index contributed by atoms with van der Waals surface area (Å²) in [6, 6.07) is 6.72. The second kappa shape index (κ2) is 4.05. The van der Waals surface area contributed by atoms with Gasteiger partial charge in [0.25, 0.3) is 0 Å². The highest BCUT2D eigenvalue weighted by molar-refractivity contribution is 5.76. The summed E-state index contributed by atoms with van der Waals surface area (Å²) in [5.41, 5.74) is 3.91. The zero-order chi connectivity index (χ0) is 12.9. The molecule has 0 amide bonds. The van der Waals surface area contributed by atoms with Crippen LogP contribution in [-0.2, 0) is 17.2 Å². The molecule has 1 unspecified atom stereocenters. The van der Waals surface area contributed by atoms with Crippen LogP contribution in [0.5, 0.6) is 0 Å². The molecule has 3 heterocycles. The molecule has 4 nitrogen and oxygen atoms in total. The highest BCUT2D eigenvalue weighted by Crippen LogP contribution is 2.42. The number of hydrogen-bond acceptors (Lipinski definition) is 3. The second-order valence-electron chi connectivity index (χ2n) is 5.90. The van der Waals surface area contributed by atoms with Gasteiger partial charge in [0.1, 0.15) is 0 Å². The number of imidazole rings is 1. The highest BCUT2D eigenvalue weighted by Gasteiger charge is 2.47. The van der Waals surface area contributed by atoms with E-state index in [0.29, 0.717) is 5.92 Å². The van der Waals surface area contributed by atoms with Crippen LogP contribution in [0.1, 0.15) is 12.0 Å². The maximum Gasteiger partial charge on any atom is 0.0955 e. The van der Waals surface area contributed by atoms with Crippen molar-refractivity contribution in [2.75, 3.05) is 26.3 Å². The topological polar surface area (TPSA) is 39.1 Å². The number of aromatic nitrogens is 2. The first kappa shape index (κ1) is 11.4. The zero-order valence-electron chi connectivity index (χ0n) is 11.2. The Kier molecular flexibility index (Phi) is 2.44. The van der Waals surface area contributed by atoms with Crippen molar-refractivity contribution in [2.45, 2.75) is 11.8 Å². The number of rotatable bonds is 2. The van der Waals surface area contributed by atoms with Gasteiger partial charge in [0.2, 0.25) is 0 Å². The molecule has 2 fully saturated rings. The molecule has 1 aromatic heterocycles. The van der Waals surface area contributed by atoms with E-state index in [4.69, 9.17) is 4.74 Å². The van der Waals surface area contributed by atoms with Gasteiger partial charge in [-0.05, 0) is 43.1 Å². The number of aryl methyl sites for hydroxylation is 1. The van der Waals surface area contributed by atoms with Crippen molar-refractivity contribution < 1.29 is 4.74 Å². The first-order chi connectivity index (χ1) is 9.29. The summed E-state index contributed by atoms with van der Waals surface area (Å²) >= 11 is 0. The molecule has 100 valence electrons. The minimum atomic E-state index is 0.217. The van der Waals surface area contributed by atoms with E-state index in [2.05, 4.69) is 33.1 Å². The van der Waals surface area contributed by atoms with Gasteiger partial charge in [0.15, 0.2) is 0 Å². The number of nitrogens with one attached hydrogen (secondary N) is 1. The van der Waals surface area contributed by atoms with E-state index in [9.17, 15) is 0 Å². The fourth-order valence-corrected chi connectivity index (χ4v) is 3.53. The van der Waals surface area contributed by atoms with Gasteiger partial charge in [-0.1, -0.05) is 6.07 Å². The summed E-state index contributed by atoms with van der Waals surface area (Å²) in [5.74, 6) is 0.697. The Labute approximate surface area is 112 Å². The number of hydrogen-bond donors (Lipinski definition) is 1. The van der Waals surface area contributed by atoms with Crippen LogP contribution in [-0.4, -0.2) is 35.9 Å². The van der Waals surface area contributed by atoms with Crippen LogP contribution in [0.25, 0.3) is 11.0 Å². The van der Waals surface area contributed by atoms with Crippen LogP contribution >= 0.6 is 0 Å². The van der Waals surface area contributed by atoms with E-state index < -0.39 is 0 Å². The van der Waals surface area contributed by atoms with Crippen molar-refractivity contribution in [1.29, 1.82) is 0 Å². The molecule has 0 bridgehead atoms. The van der Waals surface area contributed by atoms with E-state index in [0.717, 1.165) is 31.8 Å². The van der Waals surface area contributed by atoms with E-state index in [-0.39, 0.29) is 5.41 Å². The minimum Gasteiger partial charge on any atom is -0.379 e. The number of benzene rings is 1. The lowest BCUT2D eigenvalue weighted by atomic mass is 9.68. The van der Waals surface area contributed by atoms with Gasteiger partial charge < -0.3 is 14.6 Å². The average molecular weight is 257 g/mol. The zero-order valence-corrected chi connectivity index (χ0v) is 11.2. The summed E-state index contributed by atoms with van der Waals surface area (Å²) in [7, 11) is 2.04. The second-order valence-corrected chi connectivity index (χ2v) is 5.90. The van der Waals surface area contributed by atoms with E-state index in [1.165, 1.54) is 17.5 Å². The lowest BCUT2D eigenvalue weighted by Crippen LogP contribution is -2.53. The monoisotopic (exact) mass is 257 g/mol. The minimum absolute atomic E-state index is 0.217. The predicted octanol–water partition coefficient (Wildman–Crippen LogP) is 1.45. The third kappa shape index (κ3) is 1.56. The van der Waals surface area contributed by atoms with Gasteiger partial charge in [0.05, 0.1) is 30.6 Å². The Morgan fingerprint density at radius 2 is 2.32 bits per heavy atom. The molecular formula is C15H19N3O. The van der Waals surface area contributed by atoms with Gasteiger partial charge >= 0.3 is 0 Å². The van der Waals surface area contributed by atoms with E-state index in [1.54, 1.807) is 0 Å². The van der Waals surface area contributed by atoms with Crippen molar-refractivity contribution in [3.63, 3.8) is 0 Å². The molecule has 0 saturated carbocycles. The molecule has 0 aliphatic carbocycles. The van der Waals surface area contributed by atoms with Gasteiger partial charge in [0, 0.05) is 12.5 Å². The van der Waals surface area contributed by atoms with Crippen molar-refractivity contribution in [2.24, 2.45) is 13.0 Å². The van der Waals surface area contributed by atoms with Crippen LogP contribution in [0.4, 0.5) is 0 Å². The first-order valence-electron chi connectivity index (χ1n) is 7.00. The Balaban J connectivity index is 1.79. The summed E-state index contributed by atoms with van der Waals surface area (Å²) < 4.78 is 7.64. The van der Waals surface area contributed by atoms with Crippen LogP contribution < -0.4 is 5.32 Å². The largest absolute Gasteiger partial charge is 0.379 e. The highest BCUT2D eigenvalue weighted by atomic mass is 16.5. The number of nitrogens with zero attached hydrogens (tertiary/aromatic N) is 2.